The van der Waals surface area contributed by atoms with E-state index in [9.17, 15) is 14.7 Å². The molecule has 1 N–H and O–H groups in total. The molecule has 8 heteroatoms. The minimum atomic E-state index is -1.09. The summed E-state index contributed by atoms with van der Waals surface area (Å²) in [4.78, 5) is 29.5. The average molecular weight is 388 g/mol. The minimum absolute atomic E-state index is 0.111. The highest BCUT2D eigenvalue weighted by molar-refractivity contribution is 5.88. The third-order valence-electron chi connectivity index (χ3n) is 4.39. The van der Waals surface area contributed by atoms with Crippen LogP contribution >= 0.6 is 0 Å². The van der Waals surface area contributed by atoms with E-state index in [1.807, 2.05) is 18.2 Å². The van der Waals surface area contributed by atoms with Gasteiger partial charge >= 0.3 is 12.1 Å². The number of benzene rings is 1. The molecule has 1 fully saturated rings. The maximum atomic E-state index is 12.4. The van der Waals surface area contributed by atoms with E-state index in [0.29, 0.717) is 11.6 Å². The summed E-state index contributed by atoms with van der Waals surface area (Å²) in [6.07, 6.45) is 0.602. The van der Waals surface area contributed by atoms with Crippen molar-refractivity contribution < 1.29 is 28.9 Å². The zero-order valence-electron chi connectivity index (χ0n) is 16.3. The number of aliphatic carboxylic acids is 1. The van der Waals surface area contributed by atoms with Crippen LogP contribution in [-0.4, -0.2) is 58.5 Å². The molecule has 1 aromatic heterocycles. The van der Waals surface area contributed by atoms with Crippen molar-refractivity contribution in [1.82, 2.24) is 9.88 Å². The zero-order chi connectivity index (χ0) is 20.5. The fraction of sp³-hybridized carbons (Fsp3) is 0.450. The van der Waals surface area contributed by atoms with E-state index in [-0.39, 0.29) is 13.0 Å². The number of aromatic nitrogens is 1. The Bertz CT molecular complexity index is 892. The Morgan fingerprint density at radius 3 is 2.64 bits per heavy atom. The summed E-state index contributed by atoms with van der Waals surface area (Å²) < 4.78 is 16.6. The third-order valence-corrected chi connectivity index (χ3v) is 4.39. The molecule has 0 saturated carbocycles. The Balaban J connectivity index is 1.81. The van der Waals surface area contributed by atoms with E-state index < -0.39 is 29.8 Å². The maximum absolute atomic E-state index is 12.4. The van der Waals surface area contributed by atoms with Crippen molar-refractivity contribution >= 4 is 22.8 Å². The number of likely N-dealkylation sites (tertiary alicyclic amines) is 1. The van der Waals surface area contributed by atoms with Gasteiger partial charge in [-0.25, -0.2) is 14.6 Å². The number of hydrogen-bond donors (Lipinski definition) is 1. The molecular weight excluding hydrogens is 364 g/mol. The van der Waals surface area contributed by atoms with Gasteiger partial charge in [-0.1, -0.05) is 0 Å². The van der Waals surface area contributed by atoms with Crippen LogP contribution in [0.1, 0.15) is 27.2 Å². The number of carbonyl (C=O) groups excluding carboxylic acids is 1. The quantitative estimate of drug-likeness (QED) is 0.859. The maximum Gasteiger partial charge on any atom is 0.411 e. The molecule has 0 aliphatic carbocycles. The second-order valence-electron chi connectivity index (χ2n) is 7.67. The standard InChI is InChI=1S/C20H24N2O6/c1-20(2,3)28-19(25)22-11-14(10-16(22)18(23)24)27-17-15-6-5-13(26-4)9-12(15)7-8-21-17/h5-9,14,16H,10-11H2,1-4H3,(H,23,24)/t14-,16+/m1/s1. The van der Waals surface area contributed by atoms with Crippen LogP contribution in [0.15, 0.2) is 30.5 Å². The van der Waals surface area contributed by atoms with Gasteiger partial charge in [0.05, 0.1) is 13.7 Å². The van der Waals surface area contributed by atoms with Crippen molar-refractivity contribution in [2.24, 2.45) is 0 Å². The summed E-state index contributed by atoms with van der Waals surface area (Å²) in [6.45, 7) is 5.32. The molecule has 28 heavy (non-hydrogen) atoms. The Morgan fingerprint density at radius 2 is 2.00 bits per heavy atom. The van der Waals surface area contributed by atoms with E-state index in [2.05, 4.69) is 4.98 Å². The van der Waals surface area contributed by atoms with E-state index in [0.717, 1.165) is 10.8 Å². The minimum Gasteiger partial charge on any atom is -0.497 e. The van der Waals surface area contributed by atoms with Gasteiger partial charge < -0.3 is 19.3 Å². The van der Waals surface area contributed by atoms with Crippen molar-refractivity contribution in [2.75, 3.05) is 13.7 Å². The van der Waals surface area contributed by atoms with Crippen molar-refractivity contribution in [3.05, 3.63) is 30.5 Å². The fourth-order valence-corrected chi connectivity index (χ4v) is 3.15. The number of hydrogen-bond acceptors (Lipinski definition) is 6. The van der Waals surface area contributed by atoms with E-state index >= 15 is 0 Å². The molecule has 2 aromatic rings. The van der Waals surface area contributed by atoms with Crippen LogP contribution in [0, 0.1) is 0 Å². The van der Waals surface area contributed by atoms with E-state index in [1.165, 1.54) is 4.90 Å². The summed E-state index contributed by atoms with van der Waals surface area (Å²) in [5, 5.41) is 11.2. The average Bonchev–Trinajstić information content (AvgIpc) is 3.04. The van der Waals surface area contributed by atoms with Crippen LogP contribution in [0.4, 0.5) is 4.79 Å². The van der Waals surface area contributed by atoms with Gasteiger partial charge in [-0.05, 0) is 50.4 Å². The first-order valence-electron chi connectivity index (χ1n) is 9.00. The van der Waals surface area contributed by atoms with Gasteiger partial charge in [-0.15, -0.1) is 0 Å². The molecule has 1 saturated heterocycles. The van der Waals surface area contributed by atoms with E-state index in [1.54, 1.807) is 40.1 Å². The van der Waals surface area contributed by atoms with Gasteiger partial charge in [0.15, 0.2) is 0 Å². The molecule has 8 nitrogen and oxygen atoms in total. The Hall–Kier alpha value is -3.03. The summed E-state index contributed by atoms with van der Waals surface area (Å²) in [7, 11) is 1.59. The van der Waals surface area contributed by atoms with Crippen LogP contribution in [0.25, 0.3) is 10.8 Å². The number of ether oxygens (including phenoxy) is 3. The second kappa shape index (κ2) is 7.53. The molecule has 0 radical (unpaired) electrons. The van der Waals surface area contributed by atoms with Crippen molar-refractivity contribution in [3.63, 3.8) is 0 Å². The summed E-state index contributed by atoms with van der Waals surface area (Å²) in [6, 6.07) is 6.34. The van der Waals surface area contributed by atoms with Gasteiger partial charge in [0.2, 0.25) is 5.88 Å². The largest absolute Gasteiger partial charge is 0.497 e. The summed E-state index contributed by atoms with van der Waals surface area (Å²) in [5.41, 5.74) is -0.713. The van der Waals surface area contributed by atoms with Gasteiger partial charge in [0, 0.05) is 18.0 Å². The van der Waals surface area contributed by atoms with Gasteiger partial charge in [0.25, 0.3) is 0 Å². The highest BCUT2D eigenvalue weighted by Gasteiger charge is 2.42. The Kier molecular flexibility index (Phi) is 5.31. The van der Waals surface area contributed by atoms with Crippen LogP contribution in [0.3, 0.4) is 0 Å². The molecule has 2 atom stereocenters. The molecule has 150 valence electrons. The predicted octanol–water partition coefficient (Wildman–Crippen LogP) is 3.08. The van der Waals surface area contributed by atoms with Crippen LogP contribution in [0.2, 0.25) is 0 Å². The molecule has 3 rings (SSSR count). The number of fused-ring (bicyclic) bond motifs is 1. The van der Waals surface area contributed by atoms with Gasteiger partial charge in [-0.2, -0.15) is 0 Å². The molecule has 0 spiro atoms. The fourth-order valence-electron chi connectivity index (χ4n) is 3.15. The van der Waals surface area contributed by atoms with Crippen LogP contribution < -0.4 is 9.47 Å². The molecule has 0 unspecified atom stereocenters. The molecule has 2 heterocycles. The molecule has 0 bridgehead atoms. The topological polar surface area (TPSA) is 98.2 Å². The number of methoxy groups -OCH3 is 1. The normalized spacial score (nSPS) is 19.5. The van der Waals surface area contributed by atoms with E-state index in [4.69, 9.17) is 14.2 Å². The number of nitrogens with zero attached hydrogens (tertiary/aromatic N) is 2. The van der Waals surface area contributed by atoms with Crippen molar-refractivity contribution in [3.8, 4) is 11.6 Å². The Morgan fingerprint density at radius 1 is 1.25 bits per heavy atom. The van der Waals surface area contributed by atoms with Crippen molar-refractivity contribution in [1.29, 1.82) is 0 Å². The molecule has 1 aromatic carbocycles. The molecule has 1 amide bonds. The highest BCUT2D eigenvalue weighted by Crippen LogP contribution is 2.30. The second-order valence-corrected chi connectivity index (χ2v) is 7.67. The lowest BCUT2D eigenvalue weighted by molar-refractivity contribution is -0.142. The number of carbonyl (C=O) groups is 2. The lowest BCUT2D eigenvalue weighted by atomic mass is 10.1. The number of rotatable bonds is 4. The zero-order valence-corrected chi connectivity index (χ0v) is 16.3. The third kappa shape index (κ3) is 4.27. The number of amides is 1. The first-order valence-corrected chi connectivity index (χ1v) is 9.00. The molecule has 1 aliphatic heterocycles. The predicted molar refractivity (Wildman–Crippen MR) is 102 cm³/mol. The molecule has 1 aliphatic rings. The molecular formula is C20H24N2O6. The number of carboxylic acids is 1. The van der Waals surface area contributed by atoms with Gasteiger partial charge in [0.1, 0.15) is 23.5 Å². The lowest BCUT2D eigenvalue weighted by Gasteiger charge is -2.26. The van der Waals surface area contributed by atoms with Crippen LogP contribution in [0.5, 0.6) is 11.6 Å². The first kappa shape index (κ1) is 19.7. The Labute approximate surface area is 163 Å². The summed E-state index contributed by atoms with van der Waals surface area (Å²) >= 11 is 0. The number of carboxylic acid groups (broad SMARTS) is 1. The lowest BCUT2D eigenvalue weighted by Crippen LogP contribution is -2.43. The monoisotopic (exact) mass is 388 g/mol. The first-order chi connectivity index (χ1) is 13.2. The smallest absolute Gasteiger partial charge is 0.411 e. The summed E-state index contributed by atoms with van der Waals surface area (Å²) in [5.74, 6) is 0.0143. The highest BCUT2D eigenvalue weighted by atomic mass is 16.6. The SMILES string of the molecule is COc1ccc2c(O[C@@H]3C[C@@H](C(=O)O)N(C(=O)OC(C)(C)C)C3)nccc2c1. The van der Waals surface area contributed by atoms with Crippen LogP contribution in [-0.2, 0) is 9.53 Å². The van der Waals surface area contributed by atoms with Crippen molar-refractivity contribution in [2.45, 2.75) is 44.9 Å². The van der Waals surface area contributed by atoms with Gasteiger partial charge in [-0.3, -0.25) is 4.90 Å². The number of pyridine rings is 1.